The minimum Gasteiger partial charge on any atom is -0.341 e. The van der Waals surface area contributed by atoms with E-state index < -0.39 is 0 Å². The fourth-order valence-corrected chi connectivity index (χ4v) is 2.78. The van der Waals surface area contributed by atoms with Crippen LogP contribution < -0.4 is 0 Å². The zero-order valence-corrected chi connectivity index (χ0v) is 13.2. The van der Waals surface area contributed by atoms with Crippen LogP contribution in [0.15, 0.2) is 6.20 Å². The van der Waals surface area contributed by atoms with Gasteiger partial charge < -0.3 is 14.4 Å². The molecule has 0 N–H and O–H groups in total. The highest BCUT2D eigenvalue weighted by atomic mass is 35.5. The highest BCUT2D eigenvalue weighted by Gasteiger charge is 2.24. The lowest BCUT2D eigenvalue weighted by Gasteiger charge is -2.36. The summed E-state index contributed by atoms with van der Waals surface area (Å²) in [4.78, 5) is 20.7. The Bertz CT molecular complexity index is 472. The maximum Gasteiger partial charge on any atom is 0.223 e. The monoisotopic (exact) mass is 298 g/mol. The molecule has 1 fully saturated rings. The average molecular weight is 299 g/mol. The van der Waals surface area contributed by atoms with Crippen LogP contribution in [-0.4, -0.2) is 58.5 Å². The summed E-state index contributed by atoms with van der Waals surface area (Å²) in [7, 11) is 6.03. The molecule has 1 atom stereocenters. The normalized spacial score (nSPS) is 19.6. The van der Waals surface area contributed by atoms with Crippen molar-refractivity contribution >= 4 is 17.5 Å². The predicted octanol–water partition coefficient (Wildman–Crippen LogP) is 1.56. The van der Waals surface area contributed by atoms with Gasteiger partial charge in [0.2, 0.25) is 5.91 Å². The number of amides is 1. The van der Waals surface area contributed by atoms with E-state index in [2.05, 4.69) is 24.0 Å². The van der Waals surface area contributed by atoms with Gasteiger partial charge >= 0.3 is 0 Å². The molecule has 0 spiro atoms. The second-order valence-electron chi connectivity index (χ2n) is 5.66. The molecule has 1 aromatic heterocycles. The number of carbonyl (C=O) groups is 1. The van der Waals surface area contributed by atoms with Gasteiger partial charge in [-0.1, -0.05) is 11.6 Å². The molecule has 0 radical (unpaired) electrons. The summed E-state index contributed by atoms with van der Waals surface area (Å²) < 4.78 is 1.83. The molecule has 1 saturated heterocycles. The van der Waals surface area contributed by atoms with Gasteiger partial charge in [0.05, 0.1) is 6.20 Å². The number of likely N-dealkylation sites (tertiary alicyclic amines) is 1. The van der Waals surface area contributed by atoms with E-state index in [0.717, 1.165) is 25.3 Å². The smallest absolute Gasteiger partial charge is 0.223 e. The minimum atomic E-state index is 0.218. The van der Waals surface area contributed by atoms with Crippen LogP contribution in [0.2, 0.25) is 5.15 Å². The van der Waals surface area contributed by atoms with Crippen molar-refractivity contribution in [1.82, 2.24) is 19.4 Å². The number of piperidine rings is 1. The van der Waals surface area contributed by atoms with Gasteiger partial charge in [-0.3, -0.25) is 4.79 Å². The molecule has 1 aliphatic heterocycles. The van der Waals surface area contributed by atoms with E-state index in [1.54, 1.807) is 6.20 Å². The first kappa shape index (κ1) is 15.3. The van der Waals surface area contributed by atoms with Gasteiger partial charge in [0.1, 0.15) is 11.0 Å². The van der Waals surface area contributed by atoms with Crippen molar-refractivity contribution in [3.05, 3.63) is 17.2 Å². The van der Waals surface area contributed by atoms with Gasteiger partial charge in [0.25, 0.3) is 0 Å². The molecular weight excluding hydrogens is 276 g/mol. The lowest BCUT2D eigenvalue weighted by molar-refractivity contribution is -0.133. The molecule has 1 unspecified atom stereocenters. The first-order valence-electron chi connectivity index (χ1n) is 7.09. The summed E-state index contributed by atoms with van der Waals surface area (Å²) in [5.41, 5.74) is 0. The Morgan fingerprint density at radius 2 is 2.30 bits per heavy atom. The van der Waals surface area contributed by atoms with E-state index in [1.165, 1.54) is 6.42 Å². The lowest BCUT2D eigenvalue weighted by atomic mass is 10.0. The molecule has 1 aliphatic rings. The number of aryl methyl sites for hydroxylation is 1. The molecular formula is C14H23ClN4O. The number of hydrogen-bond acceptors (Lipinski definition) is 3. The van der Waals surface area contributed by atoms with Crippen molar-refractivity contribution in [2.45, 2.75) is 31.7 Å². The first-order valence-corrected chi connectivity index (χ1v) is 7.47. The fourth-order valence-electron chi connectivity index (χ4n) is 2.64. The van der Waals surface area contributed by atoms with Crippen LogP contribution in [-0.2, 0) is 18.3 Å². The summed E-state index contributed by atoms with van der Waals surface area (Å²) in [6.45, 7) is 1.72. The molecule has 1 aromatic rings. The van der Waals surface area contributed by atoms with Gasteiger partial charge in [-0.05, 0) is 26.9 Å². The maximum absolute atomic E-state index is 12.3. The largest absolute Gasteiger partial charge is 0.341 e. The van der Waals surface area contributed by atoms with Crippen molar-refractivity contribution in [3.63, 3.8) is 0 Å². The quantitative estimate of drug-likeness (QED) is 0.847. The summed E-state index contributed by atoms with van der Waals surface area (Å²) in [5, 5.41) is 0.609. The first-order chi connectivity index (χ1) is 9.49. The number of nitrogens with zero attached hydrogens (tertiary/aromatic N) is 4. The maximum atomic E-state index is 12.3. The zero-order chi connectivity index (χ0) is 14.7. The van der Waals surface area contributed by atoms with Crippen molar-refractivity contribution < 1.29 is 4.79 Å². The third-order valence-corrected chi connectivity index (χ3v) is 4.42. The van der Waals surface area contributed by atoms with E-state index in [-0.39, 0.29) is 5.91 Å². The predicted molar refractivity (Wildman–Crippen MR) is 79.8 cm³/mol. The Hall–Kier alpha value is -1.07. The molecule has 0 bridgehead atoms. The fraction of sp³-hybridized carbons (Fsp3) is 0.714. The molecule has 0 aliphatic carbocycles. The van der Waals surface area contributed by atoms with Gasteiger partial charge in [-0.2, -0.15) is 0 Å². The van der Waals surface area contributed by atoms with Crippen molar-refractivity contribution in [1.29, 1.82) is 0 Å². The average Bonchev–Trinajstić information content (AvgIpc) is 2.76. The van der Waals surface area contributed by atoms with Crippen LogP contribution in [0.3, 0.4) is 0 Å². The second kappa shape index (κ2) is 6.59. The van der Waals surface area contributed by atoms with E-state index in [1.807, 2.05) is 16.5 Å². The number of carbonyl (C=O) groups excluding carboxylic acids is 1. The van der Waals surface area contributed by atoms with Crippen molar-refractivity contribution in [2.24, 2.45) is 7.05 Å². The zero-order valence-electron chi connectivity index (χ0n) is 12.5. The number of halogens is 1. The van der Waals surface area contributed by atoms with E-state index in [4.69, 9.17) is 11.6 Å². The van der Waals surface area contributed by atoms with Crippen LogP contribution in [0.25, 0.3) is 0 Å². The number of aromatic nitrogens is 2. The number of likely N-dealkylation sites (N-methyl/N-ethyl adjacent to an activating group) is 1. The summed E-state index contributed by atoms with van der Waals surface area (Å²) in [5.74, 6) is 1.08. The Kier molecular flexibility index (Phi) is 5.05. The Balaban J connectivity index is 1.87. The third kappa shape index (κ3) is 3.52. The second-order valence-corrected chi connectivity index (χ2v) is 6.04. The van der Waals surface area contributed by atoms with Crippen LogP contribution in [0.1, 0.15) is 25.1 Å². The summed E-state index contributed by atoms with van der Waals surface area (Å²) in [6.07, 6.45) is 5.03. The number of hydrogen-bond donors (Lipinski definition) is 0. The van der Waals surface area contributed by atoms with Gasteiger partial charge in [0.15, 0.2) is 0 Å². The topological polar surface area (TPSA) is 41.4 Å². The SMILES string of the molecule is CN(C)C1CCCN(C(=O)CCc2ncc(Cl)n2C)C1. The Morgan fingerprint density at radius 1 is 1.55 bits per heavy atom. The standard InChI is InChI=1S/C14H23ClN4O/c1-17(2)11-5-4-8-19(10-11)14(20)7-6-13-16-9-12(15)18(13)3/h9,11H,4-8,10H2,1-3H3. The van der Waals surface area contributed by atoms with E-state index >= 15 is 0 Å². The van der Waals surface area contributed by atoms with Crippen molar-refractivity contribution in [2.75, 3.05) is 27.2 Å². The van der Waals surface area contributed by atoms with Crippen LogP contribution in [0.5, 0.6) is 0 Å². The Morgan fingerprint density at radius 3 is 2.90 bits per heavy atom. The molecule has 112 valence electrons. The molecule has 2 heterocycles. The molecule has 2 rings (SSSR count). The lowest BCUT2D eigenvalue weighted by Crippen LogP contribution is -2.47. The number of imidazole rings is 1. The molecule has 6 heteroatoms. The Labute approximate surface area is 125 Å². The van der Waals surface area contributed by atoms with Gasteiger partial charge in [0, 0.05) is 39.0 Å². The molecule has 20 heavy (non-hydrogen) atoms. The van der Waals surface area contributed by atoms with E-state index in [9.17, 15) is 4.79 Å². The van der Waals surface area contributed by atoms with Crippen LogP contribution >= 0.6 is 11.6 Å². The highest BCUT2D eigenvalue weighted by Crippen LogP contribution is 2.16. The van der Waals surface area contributed by atoms with Gasteiger partial charge in [-0.15, -0.1) is 0 Å². The number of rotatable bonds is 4. The summed E-state index contributed by atoms with van der Waals surface area (Å²) in [6, 6.07) is 0.482. The van der Waals surface area contributed by atoms with Crippen molar-refractivity contribution in [3.8, 4) is 0 Å². The third-order valence-electron chi connectivity index (χ3n) is 4.07. The molecule has 0 aromatic carbocycles. The minimum absolute atomic E-state index is 0.218. The molecule has 5 nitrogen and oxygen atoms in total. The molecule has 0 saturated carbocycles. The molecule has 1 amide bonds. The van der Waals surface area contributed by atoms with Gasteiger partial charge in [-0.25, -0.2) is 4.98 Å². The highest BCUT2D eigenvalue weighted by molar-refractivity contribution is 6.29. The van der Waals surface area contributed by atoms with E-state index in [0.29, 0.717) is 24.0 Å². The van der Waals surface area contributed by atoms with Crippen LogP contribution in [0.4, 0.5) is 0 Å². The van der Waals surface area contributed by atoms with Crippen LogP contribution in [0, 0.1) is 0 Å². The summed E-state index contributed by atoms with van der Waals surface area (Å²) >= 11 is 5.95.